The van der Waals surface area contributed by atoms with Gasteiger partial charge in [0.25, 0.3) is 0 Å². The molecule has 2 aliphatic rings. The quantitative estimate of drug-likeness (QED) is 0.570. The maximum Gasteiger partial charge on any atom is 0.159 e. The molecular formula is C25H28N2O. The summed E-state index contributed by atoms with van der Waals surface area (Å²) in [6.07, 6.45) is 5.89. The summed E-state index contributed by atoms with van der Waals surface area (Å²) in [6, 6.07) is 11.5. The predicted molar refractivity (Wildman–Crippen MR) is 117 cm³/mol. The van der Waals surface area contributed by atoms with Crippen molar-refractivity contribution in [1.82, 2.24) is 9.47 Å². The second-order valence-electron chi connectivity index (χ2n) is 8.59. The largest absolute Gasteiger partial charge is 0.340 e. The van der Waals surface area contributed by atoms with E-state index in [0.29, 0.717) is 6.04 Å². The first-order valence-electron chi connectivity index (χ1n) is 10.5. The Labute approximate surface area is 166 Å². The van der Waals surface area contributed by atoms with Crippen molar-refractivity contribution in [3.05, 3.63) is 53.6 Å². The van der Waals surface area contributed by atoms with E-state index < -0.39 is 0 Å². The molecule has 1 fully saturated rings. The number of ketones is 1. The van der Waals surface area contributed by atoms with Gasteiger partial charge in [0.05, 0.1) is 0 Å². The lowest BCUT2D eigenvalue weighted by Crippen LogP contribution is -2.26. The number of carbonyl (C=O) groups is 1. The number of allylic oxidation sites excluding steroid dienone is 1. The van der Waals surface area contributed by atoms with E-state index in [0.717, 1.165) is 24.9 Å². The summed E-state index contributed by atoms with van der Waals surface area (Å²) in [4.78, 5) is 14.5. The Bertz CT molecular complexity index is 1120. The van der Waals surface area contributed by atoms with Crippen LogP contribution >= 0.6 is 0 Å². The number of hydrogen-bond acceptors (Lipinski definition) is 2. The number of carbonyl (C=O) groups excluding carboxylic acids is 1. The summed E-state index contributed by atoms with van der Waals surface area (Å²) >= 11 is 0. The molecular weight excluding hydrogens is 344 g/mol. The molecule has 5 rings (SSSR count). The van der Waals surface area contributed by atoms with E-state index in [1.807, 2.05) is 6.07 Å². The van der Waals surface area contributed by atoms with Crippen LogP contribution < -0.4 is 0 Å². The Balaban J connectivity index is 1.70. The molecule has 1 unspecified atom stereocenters. The minimum Gasteiger partial charge on any atom is -0.340 e. The Kier molecular flexibility index (Phi) is 4.17. The lowest BCUT2D eigenvalue weighted by atomic mass is 10.0. The maximum atomic E-state index is 12.0. The lowest BCUT2D eigenvalue weighted by Gasteiger charge is -2.20. The first kappa shape index (κ1) is 17.7. The molecule has 28 heavy (non-hydrogen) atoms. The van der Waals surface area contributed by atoms with Gasteiger partial charge in [-0.25, -0.2) is 0 Å². The Hall–Kier alpha value is -2.39. The van der Waals surface area contributed by atoms with Crippen molar-refractivity contribution in [2.24, 2.45) is 0 Å². The fourth-order valence-corrected chi connectivity index (χ4v) is 5.35. The number of nitrogens with zero attached hydrogens (tertiary/aromatic N) is 2. The maximum absolute atomic E-state index is 12.0. The van der Waals surface area contributed by atoms with Gasteiger partial charge in [-0.2, -0.15) is 0 Å². The molecule has 1 atom stereocenters. The number of fused-ring (bicyclic) bond motifs is 5. The topological polar surface area (TPSA) is 25.2 Å². The summed E-state index contributed by atoms with van der Waals surface area (Å²) in [6.45, 7) is 8.16. The SMILES string of the molecule is C=C1CCc2c1ccc1c2c2cc(C(C)=O)ccc2n1CCC1CCCN1C. The van der Waals surface area contributed by atoms with E-state index >= 15 is 0 Å². The zero-order chi connectivity index (χ0) is 19.4. The molecule has 3 aromatic rings. The van der Waals surface area contributed by atoms with Crippen molar-refractivity contribution < 1.29 is 4.79 Å². The van der Waals surface area contributed by atoms with Crippen LogP contribution in [-0.4, -0.2) is 34.9 Å². The predicted octanol–water partition coefficient (Wildman–Crippen LogP) is 5.44. The van der Waals surface area contributed by atoms with Crippen LogP contribution in [0.2, 0.25) is 0 Å². The molecule has 0 N–H and O–H groups in total. The van der Waals surface area contributed by atoms with Crippen LogP contribution in [0.1, 0.15) is 54.1 Å². The van der Waals surface area contributed by atoms with Gasteiger partial charge in [-0.3, -0.25) is 4.79 Å². The van der Waals surface area contributed by atoms with Crippen LogP contribution in [0.3, 0.4) is 0 Å². The van der Waals surface area contributed by atoms with Gasteiger partial charge in [0, 0.05) is 40.0 Å². The van der Waals surface area contributed by atoms with Gasteiger partial charge in [0.15, 0.2) is 5.78 Å². The highest BCUT2D eigenvalue weighted by Gasteiger charge is 2.24. The van der Waals surface area contributed by atoms with Crippen molar-refractivity contribution in [3.63, 3.8) is 0 Å². The van der Waals surface area contributed by atoms with Gasteiger partial charge in [-0.05, 0) is 93.6 Å². The first-order valence-corrected chi connectivity index (χ1v) is 10.5. The van der Waals surface area contributed by atoms with Crippen molar-refractivity contribution in [3.8, 4) is 0 Å². The van der Waals surface area contributed by atoms with Crippen molar-refractivity contribution in [1.29, 1.82) is 0 Å². The van der Waals surface area contributed by atoms with E-state index in [9.17, 15) is 4.79 Å². The van der Waals surface area contributed by atoms with E-state index in [-0.39, 0.29) is 5.78 Å². The van der Waals surface area contributed by atoms with Crippen molar-refractivity contribution in [2.75, 3.05) is 13.6 Å². The molecule has 0 radical (unpaired) electrons. The molecule has 1 aliphatic carbocycles. The van der Waals surface area contributed by atoms with Crippen LogP contribution in [0.4, 0.5) is 0 Å². The van der Waals surface area contributed by atoms with E-state index in [2.05, 4.69) is 47.4 Å². The van der Waals surface area contributed by atoms with Crippen molar-refractivity contribution >= 4 is 33.2 Å². The molecule has 1 saturated heterocycles. The van der Waals surface area contributed by atoms with E-state index in [1.165, 1.54) is 64.3 Å². The molecule has 0 saturated carbocycles. The molecule has 1 aromatic heterocycles. The monoisotopic (exact) mass is 372 g/mol. The fourth-order valence-electron chi connectivity index (χ4n) is 5.35. The number of aryl methyl sites for hydroxylation is 2. The Morgan fingerprint density at radius 3 is 2.75 bits per heavy atom. The summed E-state index contributed by atoms with van der Waals surface area (Å²) < 4.78 is 2.49. The summed E-state index contributed by atoms with van der Waals surface area (Å²) in [5.74, 6) is 0.132. The van der Waals surface area contributed by atoms with E-state index in [1.54, 1.807) is 6.92 Å². The van der Waals surface area contributed by atoms with Gasteiger partial charge in [-0.1, -0.05) is 12.6 Å². The minimum atomic E-state index is 0.132. The lowest BCUT2D eigenvalue weighted by molar-refractivity contribution is 0.101. The highest BCUT2D eigenvalue weighted by Crippen LogP contribution is 2.41. The number of hydrogen-bond donors (Lipinski definition) is 0. The molecule has 3 nitrogen and oxygen atoms in total. The highest BCUT2D eigenvalue weighted by atomic mass is 16.1. The molecule has 2 heterocycles. The van der Waals surface area contributed by atoms with Gasteiger partial charge < -0.3 is 9.47 Å². The smallest absolute Gasteiger partial charge is 0.159 e. The first-order chi connectivity index (χ1) is 13.5. The summed E-state index contributed by atoms with van der Waals surface area (Å²) in [5, 5.41) is 2.57. The molecule has 1 aliphatic heterocycles. The van der Waals surface area contributed by atoms with Gasteiger partial charge in [0.2, 0.25) is 0 Å². The molecule has 2 aromatic carbocycles. The second-order valence-corrected chi connectivity index (χ2v) is 8.59. The zero-order valence-corrected chi connectivity index (χ0v) is 16.9. The zero-order valence-electron chi connectivity index (χ0n) is 16.9. The number of Topliss-reactive ketones (excluding diaryl/α,β-unsaturated/α-hetero) is 1. The average molecular weight is 373 g/mol. The van der Waals surface area contributed by atoms with E-state index in [4.69, 9.17) is 0 Å². The average Bonchev–Trinajstić information content (AvgIpc) is 3.35. The molecule has 144 valence electrons. The minimum absolute atomic E-state index is 0.132. The third kappa shape index (κ3) is 2.64. The number of rotatable bonds is 4. The summed E-state index contributed by atoms with van der Waals surface area (Å²) in [7, 11) is 2.25. The molecule has 0 spiro atoms. The van der Waals surface area contributed by atoms with Crippen LogP contribution in [-0.2, 0) is 13.0 Å². The number of aromatic nitrogens is 1. The summed E-state index contributed by atoms with van der Waals surface area (Å²) in [5.41, 5.74) is 7.35. The third-order valence-electron chi connectivity index (χ3n) is 6.96. The standard InChI is InChI=1S/C25H28N2O/c1-16-6-8-21-20(16)9-11-24-25(21)22-15-18(17(2)28)7-10-23(22)27(24)14-12-19-5-4-13-26(19)3/h7,9-11,15,19H,1,4-6,8,12-14H2,2-3H3. The fraction of sp³-hybridized carbons (Fsp3) is 0.400. The highest BCUT2D eigenvalue weighted by molar-refractivity contribution is 6.13. The van der Waals surface area contributed by atoms with Crippen LogP contribution in [0.15, 0.2) is 36.9 Å². The normalized spacial score (nSPS) is 19.8. The van der Waals surface area contributed by atoms with Crippen molar-refractivity contribution in [2.45, 2.75) is 51.6 Å². The Morgan fingerprint density at radius 2 is 2.00 bits per heavy atom. The van der Waals surface area contributed by atoms with Gasteiger partial charge in [0.1, 0.15) is 0 Å². The van der Waals surface area contributed by atoms with Crippen LogP contribution in [0, 0.1) is 0 Å². The number of likely N-dealkylation sites (tertiary alicyclic amines) is 1. The molecule has 3 heteroatoms. The van der Waals surface area contributed by atoms with Crippen LogP contribution in [0.5, 0.6) is 0 Å². The second kappa shape index (κ2) is 6.59. The Morgan fingerprint density at radius 1 is 1.18 bits per heavy atom. The van der Waals surface area contributed by atoms with Crippen LogP contribution in [0.25, 0.3) is 27.4 Å². The van der Waals surface area contributed by atoms with Gasteiger partial charge in [-0.15, -0.1) is 0 Å². The molecule has 0 bridgehead atoms. The van der Waals surface area contributed by atoms with Gasteiger partial charge >= 0.3 is 0 Å². The molecule has 0 amide bonds. The third-order valence-corrected chi connectivity index (χ3v) is 6.96. The number of benzene rings is 2.